The van der Waals surface area contributed by atoms with Gasteiger partial charge >= 0.3 is 0 Å². The number of nitrogen functional groups attached to an aromatic ring is 1. The SMILES string of the molecule is COc1ccccc1-c1cc(-c2ccccc2Cl)c2c(N)ncnc2n1. The lowest BCUT2D eigenvalue weighted by atomic mass is 9.99. The average molecular weight is 363 g/mol. The van der Waals surface area contributed by atoms with Gasteiger partial charge in [0.2, 0.25) is 0 Å². The van der Waals surface area contributed by atoms with Crippen molar-refractivity contribution in [1.29, 1.82) is 0 Å². The summed E-state index contributed by atoms with van der Waals surface area (Å²) in [5.41, 5.74) is 9.91. The zero-order chi connectivity index (χ0) is 18.1. The Hall–Kier alpha value is -3.18. The van der Waals surface area contributed by atoms with Gasteiger partial charge in [0.25, 0.3) is 0 Å². The second kappa shape index (κ2) is 6.61. The van der Waals surface area contributed by atoms with Crippen molar-refractivity contribution >= 4 is 28.5 Å². The molecule has 4 aromatic rings. The Morgan fingerprint density at radius 2 is 1.65 bits per heavy atom. The lowest BCUT2D eigenvalue weighted by Crippen LogP contribution is -1.99. The summed E-state index contributed by atoms with van der Waals surface area (Å²) in [7, 11) is 1.63. The number of ether oxygens (including phenoxy) is 1. The fourth-order valence-electron chi connectivity index (χ4n) is 2.97. The van der Waals surface area contributed by atoms with Crippen LogP contribution in [-0.2, 0) is 0 Å². The van der Waals surface area contributed by atoms with E-state index in [1.54, 1.807) is 7.11 Å². The van der Waals surface area contributed by atoms with E-state index in [0.29, 0.717) is 21.9 Å². The van der Waals surface area contributed by atoms with Crippen LogP contribution < -0.4 is 10.5 Å². The van der Waals surface area contributed by atoms with E-state index in [-0.39, 0.29) is 0 Å². The molecule has 2 N–H and O–H groups in total. The molecule has 0 bridgehead atoms. The number of anilines is 1. The van der Waals surface area contributed by atoms with Crippen molar-refractivity contribution in [2.75, 3.05) is 12.8 Å². The molecule has 0 unspecified atom stereocenters. The van der Waals surface area contributed by atoms with Gasteiger partial charge in [-0.25, -0.2) is 15.0 Å². The largest absolute Gasteiger partial charge is 0.496 e. The minimum Gasteiger partial charge on any atom is -0.496 e. The van der Waals surface area contributed by atoms with Crippen molar-refractivity contribution in [2.45, 2.75) is 0 Å². The number of pyridine rings is 1. The number of fused-ring (bicyclic) bond motifs is 1. The second-order valence-electron chi connectivity index (χ2n) is 5.69. The molecular weight excluding hydrogens is 348 g/mol. The highest BCUT2D eigenvalue weighted by Crippen LogP contribution is 2.38. The van der Waals surface area contributed by atoms with Gasteiger partial charge in [-0.1, -0.05) is 41.9 Å². The van der Waals surface area contributed by atoms with Crippen LogP contribution >= 0.6 is 11.6 Å². The molecule has 0 saturated carbocycles. The number of para-hydroxylation sites is 1. The molecule has 0 aliphatic carbocycles. The maximum Gasteiger partial charge on any atom is 0.165 e. The molecule has 0 amide bonds. The fraction of sp³-hybridized carbons (Fsp3) is 0.0500. The number of methoxy groups -OCH3 is 1. The number of hydrogen-bond acceptors (Lipinski definition) is 5. The molecule has 0 fully saturated rings. The normalized spacial score (nSPS) is 10.8. The van der Waals surface area contributed by atoms with Crippen LogP contribution in [0.4, 0.5) is 5.82 Å². The van der Waals surface area contributed by atoms with Crippen LogP contribution in [-0.4, -0.2) is 22.1 Å². The first-order valence-corrected chi connectivity index (χ1v) is 8.36. The van der Waals surface area contributed by atoms with Gasteiger partial charge in [0, 0.05) is 21.7 Å². The topological polar surface area (TPSA) is 73.9 Å². The van der Waals surface area contributed by atoms with E-state index >= 15 is 0 Å². The number of nitrogens with zero attached hydrogens (tertiary/aromatic N) is 3. The number of hydrogen-bond donors (Lipinski definition) is 1. The molecule has 4 rings (SSSR count). The molecule has 0 saturated heterocycles. The average Bonchev–Trinajstić information content (AvgIpc) is 2.67. The van der Waals surface area contributed by atoms with Crippen LogP contribution in [0.1, 0.15) is 0 Å². The summed E-state index contributed by atoms with van der Waals surface area (Å²) in [6, 6.07) is 17.2. The molecule has 0 spiro atoms. The zero-order valence-electron chi connectivity index (χ0n) is 14.0. The van der Waals surface area contributed by atoms with Crippen LogP contribution in [0.25, 0.3) is 33.4 Å². The number of benzene rings is 2. The van der Waals surface area contributed by atoms with Gasteiger partial charge in [-0.05, 0) is 24.3 Å². The molecule has 2 heterocycles. The van der Waals surface area contributed by atoms with Crippen LogP contribution in [0.15, 0.2) is 60.9 Å². The highest BCUT2D eigenvalue weighted by atomic mass is 35.5. The number of rotatable bonds is 3. The molecule has 2 aromatic heterocycles. The summed E-state index contributed by atoms with van der Waals surface area (Å²) >= 11 is 6.44. The van der Waals surface area contributed by atoms with Gasteiger partial charge in [0.1, 0.15) is 17.9 Å². The summed E-state index contributed by atoms with van der Waals surface area (Å²) in [6.45, 7) is 0. The van der Waals surface area contributed by atoms with Crippen LogP contribution in [0.5, 0.6) is 5.75 Å². The Balaban J connectivity index is 2.08. The summed E-state index contributed by atoms with van der Waals surface area (Å²) in [5.74, 6) is 1.09. The van der Waals surface area contributed by atoms with E-state index < -0.39 is 0 Å². The fourth-order valence-corrected chi connectivity index (χ4v) is 3.21. The molecule has 26 heavy (non-hydrogen) atoms. The molecule has 6 heteroatoms. The van der Waals surface area contributed by atoms with Crippen molar-refractivity contribution in [3.63, 3.8) is 0 Å². The first-order valence-electron chi connectivity index (χ1n) is 7.98. The van der Waals surface area contributed by atoms with Gasteiger partial charge < -0.3 is 10.5 Å². The molecular formula is C20H15ClN4O. The Morgan fingerprint density at radius 1 is 0.923 bits per heavy atom. The third-order valence-electron chi connectivity index (χ3n) is 4.18. The lowest BCUT2D eigenvalue weighted by Gasteiger charge is -2.13. The first kappa shape index (κ1) is 16.3. The van der Waals surface area contributed by atoms with Crippen LogP contribution in [0.3, 0.4) is 0 Å². The number of aromatic nitrogens is 3. The highest BCUT2D eigenvalue weighted by molar-refractivity contribution is 6.33. The number of nitrogens with two attached hydrogens (primary N) is 1. The summed E-state index contributed by atoms with van der Waals surface area (Å²) in [5, 5.41) is 1.30. The van der Waals surface area contributed by atoms with Crippen LogP contribution in [0, 0.1) is 0 Å². The molecule has 0 aliphatic heterocycles. The minimum absolute atomic E-state index is 0.365. The third kappa shape index (κ3) is 2.72. The van der Waals surface area contributed by atoms with Crippen molar-refractivity contribution in [2.24, 2.45) is 0 Å². The monoisotopic (exact) mass is 362 g/mol. The van der Waals surface area contributed by atoms with Gasteiger partial charge in [0.15, 0.2) is 5.65 Å². The van der Waals surface area contributed by atoms with E-state index in [2.05, 4.69) is 15.0 Å². The van der Waals surface area contributed by atoms with E-state index in [1.165, 1.54) is 6.33 Å². The Bertz CT molecular complexity index is 1110. The van der Waals surface area contributed by atoms with Crippen LogP contribution in [0.2, 0.25) is 5.02 Å². The van der Waals surface area contributed by atoms with Crippen molar-refractivity contribution < 1.29 is 4.74 Å². The standard InChI is InChI=1S/C20H15ClN4O/c1-26-17-9-5-3-7-13(17)16-10-14(12-6-2-4-8-15(12)21)18-19(22)23-11-24-20(18)25-16/h2-11H,1H3,(H2,22,23,24,25). The zero-order valence-corrected chi connectivity index (χ0v) is 14.7. The van der Waals surface area contributed by atoms with E-state index in [9.17, 15) is 0 Å². The van der Waals surface area contributed by atoms with Crippen molar-refractivity contribution in [3.8, 4) is 28.1 Å². The Morgan fingerprint density at radius 3 is 2.42 bits per heavy atom. The number of halogens is 1. The molecule has 2 aromatic carbocycles. The summed E-state index contributed by atoms with van der Waals surface area (Å²) in [6.07, 6.45) is 1.41. The van der Waals surface area contributed by atoms with Gasteiger partial charge in [0.05, 0.1) is 18.2 Å². The molecule has 0 aliphatic rings. The Kier molecular flexibility index (Phi) is 4.14. The second-order valence-corrected chi connectivity index (χ2v) is 6.10. The molecule has 0 atom stereocenters. The summed E-state index contributed by atoms with van der Waals surface area (Å²) in [4.78, 5) is 13.1. The lowest BCUT2D eigenvalue weighted by molar-refractivity contribution is 0.416. The quantitative estimate of drug-likeness (QED) is 0.576. The van der Waals surface area contributed by atoms with Gasteiger partial charge in [-0.2, -0.15) is 0 Å². The summed E-state index contributed by atoms with van der Waals surface area (Å²) < 4.78 is 5.48. The first-order chi connectivity index (χ1) is 12.7. The Labute approximate surface area is 155 Å². The van der Waals surface area contributed by atoms with Crippen molar-refractivity contribution in [3.05, 3.63) is 65.9 Å². The molecule has 0 radical (unpaired) electrons. The highest BCUT2D eigenvalue weighted by Gasteiger charge is 2.16. The third-order valence-corrected chi connectivity index (χ3v) is 4.51. The smallest absolute Gasteiger partial charge is 0.165 e. The predicted molar refractivity (Wildman–Crippen MR) is 104 cm³/mol. The van der Waals surface area contributed by atoms with Crippen molar-refractivity contribution in [1.82, 2.24) is 15.0 Å². The van der Waals surface area contributed by atoms with Gasteiger partial charge in [-0.3, -0.25) is 0 Å². The molecule has 5 nitrogen and oxygen atoms in total. The minimum atomic E-state index is 0.365. The van der Waals surface area contributed by atoms with E-state index in [1.807, 2.05) is 54.6 Å². The van der Waals surface area contributed by atoms with E-state index in [0.717, 1.165) is 28.1 Å². The maximum atomic E-state index is 6.44. The maximum absolute atomic E-state index is 6.44. The van der Waals surface area contributed by atoms with E-state index in [4.69, 9.17) is 22.1 Å². The van der Waals surface area contributed by atoms with Gasteiger partial charge in [-0.15, -0.1) is 0 Å². The molecule has 128 valence electrons. The predicted octanol–water partition coefficient (Wildman–Crippen LogP) is 4.60.